The third kappa shape index (κ3) is 4.85. The van der Waals surface area contributed by atoms with E-state index in [4.69, 9.17) is 9.47 Å². The highest BCUT2D eigenvalue weighted by molar-refractivity contribution is 9.10. The number of nitrogens with one attached hydrogen (secondary N) is 1. The summed E-state index contributed by atoms with van der Waals surface area (Å²) in [4.78, 5) is 14.9. The van der Waals surface area contributed by atoms with E-state index >= 15 is 0 Å². The molecule has 1 N–H and O–H groups in total. The Hall–Kier alpha value is -0.820. The summed E-state index contributed by atoms with van der Waals surface area (Å²) in [6.07, 6.45) is 1.61. The van der Waals surface area contributed by atoms with Gasteiger partial charge in [-0.15, -0.1) is 12.4 Å². The topological polar surface area (TPSA) is 50.8 Å². The zero-order valence-electron chi connectivity index (χ0n) is 14.4. The monoisotopic (exact) mass is 420 g/mol. The summed E-state index contributed by atoms with van der Waals surface area (Å²) in [5, 5.41) is 3.31. The minimum absolute atomic E-state index is 0. The van der Waals surface area contributed by atoms with Gasteiger partial charge in [0.15, 0.2) is 0 Å². The van der Waals surface area contributed by atoms with Crippen LogP contribution in [0.15, 0.2) is 22.7 Å². The van der Waals surface area contributed by atoms with E-state index in [2.05, 4.69) is 21.2 Å². The molecule has 5 nitrogen and oxygen atoms in total. The molecule has 0 saturated carbocycles. The normalized spacial score (nSPS) is 16.2. The molecule has 1 aromatic rings. The van der Waals surface area contributed by atoms with Crippen molar-refractivity contribution < 1.29 is 14.3 Å². The lowest BCUT2D eigenvalue weighted by atomic mass is 9.78. The van der Waals surface area contributed by atoms with Gasteiger partial charge in [-0.2, -0.15) is 0 Å². The molecule has 0 spiro atoms. The fourth-order valence-electron chi connectivity index (χ4n) is 3.20. The maximum Gasteiger partial charge on any atom is 0.231 e. The van der Waals surface area contributed by atoms with Crippen LogP contribution in [-0.4, -0.2) is 51.8 Å². The third-order valence-electron chi connectivity index (χ3n) is 4.43. The van der Waals surface area contributed by atoms with Gasteiger partial charge in [-0.25, -0.2) is 0 Å². The molecular formula is C17H26BrClN2O3. The van der Waals surface area contributed by atoms with Crippen molar-refractivity contribution in [3.05, 3.63) is 28.2 Å². The maximum absolute atomic E-state index is 13.1. The lowest BCUT2D eigenvalue weighted by Gasteiger charge is -2.38. The Morgan fingerprint density at radius 2 is 2.00 bits per heavy atom. The molecule has 136 valence electrons. The van der Waals surface area contributed by atoms with Crippen molar-refractivity contribution in [3.63, 3.8) is 0 Å². The van der Waals surface area contributed by atoms with Crippen molar-refractivity contribution in [2.75, 3.05) is 41.0 Å². The van der Waals surface area contributed by atoms with E-state index in [0.29, 0.717) is 13.2 Å². The lowest BCUT2D eigenvalue weighted by molar-refractivity contribution is -0.146. The molecule has 1 aliphatic heterocycles. The highest BCUT2D eigenvalue weighted by Crippen LogP contribution is 2.32. The van der Waals surface area contributed by atoms with E-state index in [1.807, 2.05) is 25.2 Å². The van der Waals surface area contributed by atoms with E-state index in [1.165, 1.54) is 0 Å². The summed E-state index contributed by atoms with van der Waals surface area (Å²) in [5.41, 5.74) is 0.563. The Kier molecular flexibility index (Phi) is 8.50. The van der Waals surface area contributed by atoms with Gasteiger partial charge in [-0.3, -0.25) is 4.79 Å². The highest BCUT2D eigenvalue weighted by atomic mass is 79.9. The summed E-state index contributed by atoms with van der Waals surface area (Å²) >= 11 is 3.48. The van der Waals surface area contributed by atoms with Crippen molar-refractivity contribution in [1.82, 2.24) is 10.2 Å². The summed E-state index contributed by atoms with van der Waals surface area (Å²) in [6.45, 7) is 2.68. The second-order valence-corrected chi connectivity index (χ2v) is 7.00. The van der Waals surface area contributed by atoms with Crippen LogP contribution in [0.2, 0.25) is 0 Å². The highest BCUT2D eigenvalue weighted by Gasteiger charge is 2.41. The molecule has 1 heterocycles. The first kappa shape index (κ1) is 21.2. The molecule has 1 aromatic carbocycles. The van der Waals surface area contributed by atoms with Crippen LogP contribution in [0, 0.1) is 5.41 Å². The minimum Gasteiger partial charge on any atom is -0.496 e. The van der Waals surface area contributed by atoms with E-state index in [0.717, 1.165) is 41.7 Å². The molecule has 24 heavy (non-hydrogen) atoms. The number of ether oxygens (including phenoxy) is 2. The standard InChI is InChI=1S/C17H25BrN2O3.ClH/c1-20(11-13-10-14(18)4-5-15(13)23-3)16(21)17(12-22-2)6-8-19-9-7-17;/h4-5,10,19H,6-9,11-12H2,1-3H3;1H. The predicted octanol–water partition coefficient (Wildman–Crippen LogP) is 2.85. The third-order valence-corrected chi connectivity index (χ3v) is 4.92. The van der Waals surface area contributed by atoms with Crippen LogP contribution in [0.25, 0.3) is 0 Å². The fraction of sp³-hybridized carbons (Fsp3) is 0.588. The van der Waals surface area contributed by atoms with Gasteiger partial charge in [-0.1, -0.05) is 15.9 Å². The Morgan fingerprint density at radius 3 is 2.58 bits per heavy atom. The maximum atomic E-state index is 13.1. The smallest absolute Gasteiger partial charge is 0.231 e. The first-order valence-electron chi connectivity index (χ1n) is 7.80. The molecule has 0 aliphatic carbocycles. The lowest BCUT2D eigenvalue weighted by Crippen LogP contribution is -2.50. The number of piperidine rings is 1. The van der Waals surface area contributed by atoms with Crippen LogP contribution in [0.5, 0.6) is 5.75 Å². The number of hydrogen-bond acceptors (Lipinski definition) is 4. The Bertz CT molecular complexity index is 545. The number of hydrogen-bond donors (Lipinski definition) is 1. The van der Waals surface area contributed by atoms with Crippen molar-refractivity contribution in [3.8, 4) is 5.75 Å². The Balaban J connectivity index is 0.00000288. The number of carbonyl (C=O) groups is 1. The average molecular weight is 422 g/mol. The first-order valence-corrected chi connectivity index (χ1v) is 8.59. The van der Waals surface area contributed by atoms with Gasteiger partial charge in [0.1, 0.15) is 5.75 Å². The summed E-state index contributed by atoms with van der Waals surface area (Å²) in [7, 11) is 5.16. The van der Waals surface area contributed by atoms with Crippen molar-refractivity contribution in [2.45, 2.75) is 19.4 Å². The summed E-state index contributed by atoms with van der Waals surface area (Å²) in [5.74, 6) is 0.932. The molecule has 1 amide bonds. The van der Waals surface area contributed by atoms with Gasteiger partial charge < -0.3 is 19.7 Å². The number of halogens is 2. The van der Waals surface area contributed by atoms with Gasteiger partial charge in [0.05, 0.1) is 19.1 Å². The van der Waals surface area contributed by atoms with Crippen LogP contribution < -0.4 is 10.1 Å². The Labute approximate surface area is 158 Å². The number of nitrogens with zero attached hydrogens (tertiary/aromatic N) is 1. The zero-order valence-corrected chi connectivity index (χ0v) is 16.8. The second kappa shape index (κ2) is 9.61. The van der Waals surface area contributed by atoms with Crippen molar-refractivity contribution >= 4 is 34.2 Å². The van der Waals surface area contributed by atoms with E-state index < -0.39 is 5.41 Å². The van der Waals surface area contributed by atoms with Gasteiger partial charge >= 0.3 is 0 Å². The van der Waals surface area contributed by atoms with Crippen LogP contribution in [0.4, 0.5) is 0 Å². The average Bonchev–Trinajstić information content (AvgIpc) is 2.55. The van der Waals surface area contributed by atoms with Gasteiger partial charge in [0.25, 0.3) is 0 Å². The van der Waals surface area contributed by atoms with Crippen molar-refractivity contribution in [2.24, 2.45) is 5.41 Å². The molecule has 2 rings (SSSR count). The number of benzene rings is 1. The van der Waals surface area contributed by atoms with E-state index in [-0.39, 0.29) is 18.3 Å². The molecule has 1 fully saturated rings. The molecule has 1 aliphatic rings. The number of rotatable bonds is 6. The summed E-state index contributed by atoms with van der Waals surface area (Å²) < 4.78 is 11.7. The second-order valence-electron chi connectivity index (χ2n) is 6.08. The molecule has 0 radical (unpaired) electrons. The number of methoxy groups -OCH3 is 2. The van der Waals surface area contributed by atoms with Crippen LogP contribution in [-0.2, 0) is 16.1 Å². The van der Waals surface area contributed by atoms with Gasteiger partial charge in [0.2, 0.25) is 5.91 Å². The zero-order chi connectivity index (χ0) is 16.9. The molecule has 7 heteroatoms. The molecular weight excluding hydrogens is 396 g/mol. The van der Waals surface area contributed by atoms with Gasteiger partial charge in [-0.05, 0) is 44.1 Å². The predicted molar refractivity (Wildman–Crippen MR) is 101 cm³/mol. The largest absolute Gasteiger partial charge is 0.496 e. The van der Waals surface area contributed by atoms with E-state index in [9.17, 15) is 4.79 Å². The number of carbonyl (C=O) groups excluding carboxylic acids is 1. The van der Waals surface area contributed by atoms with Crippen LogP contribution >= 0.6 is 28.3 Å². The fourth-order valence-corrected chi connectivity index (χ4v) is 3.61. The molecule has 0 atom stereocenters. The molecule has 0 aromatic heterocycles. The molecule has 0 unspecified atom stereocenters. The quantitative estimate of drug-likeness (QED) is 0.767. The molecule has 1 saturated heterocycles. The van der Waals surface area contributed by atoms with Crippen molar-refractivity contribution in [1.29, 1.82) is 0 Å². The number of amides is 1. The first-order chi connectivity index (χ1) is 11.0. The van der Waals surface area contributed by atoms with Crippen LogP contribution in [0.3, 0.4) is 0 Å². The minimum atomic E-state index is -0.423. The van der Waals surface area contributed by atoms with Gasteiger partial charge in [0, 0.05) is 30.7 Å². The van der Waals surface area contributed by atoms with Crippen LogP contribution in [0.1, 0.15) is 18.4 Å². The Morgan fingerprint density at radius 1 is 1.33 bits per heavy atom. The SMILES string of the molecule is COCC1(C(=O)N(C)Cc2cc(Br)ccc2OC)CCNCC1.Cl. The molecule has 0 bridgehead atoms. The summed E-state index contributed by atoms with van der Waals surface area (Å²) in [6, 6.07) is 5.84. The van der Waals surface area contributed by atoms with E-state index in [1.54, 1.807) is 19.1 Å².